The normalized spacial score (nSPS) is 20.0. The van der Waals surface area contributed by atoms with E-state index in [1.165, 1.54) is 43.2 Å². The first-order chi connectivity index (χ1) is 12.2. The van der Waals surface area contributed by atoms with Gasteiger partial charge in [-0.25, -0.2) is 0 Å². The molecule has 0 unspecified atom stereocenters. The van der Waals surface area contributed by atoms with E-state index in [-0.39, 0.29) is 0 Å². The smallest absolute Gasteiger partial charge is 0.0698 e. The highest BCUT2D eigenvalue weighted by Gasteiger charge is 2.21. The van der Waals surface area contributed by atoms with Gasteiger partial charge in [0, 0.05) is 38.8 Å². The fourth-order valence-corrected chi connectivity index (χ4v) is 4.05. The van der Waals surface area contributed by atoms with Crippen molar-refractivity contribution in [1.82, 2.24) is 14.9 Å². The Balaban J connectivity index is 1.62. The lowest BCUT2D eigenvalue weighted by Gasteiger charge is -2.35. The Morgan fingerprint density at radius 1 is 1.04 bits per heavy atom. The van der Waals surface area contributed by atoms with E-state index in [0.717, 1.165) is 51.8 Å². The Labute approximate surface area is 153 Å². The van der Waals surface area contributed by atoms with E-state index in [9.17, 15) is 0 Å². The van der Waals surface area contributed by atoms with E-state index in [0.29, 0.717) is 0 Å². The molecule has 0 spiro atoms. The molecule has 1 aliphatic heterocycles. The zero-order valence-electron chi connectivity index (χ0n) is 16.1. The number of hydroxylamine groups is 2. The van der Waals surface area contributed by atoms with Crippen LogP contribution >= 0.6 is 0 Å². The fourth-order valence-electron chi connectivity index (χ4n) is 4.05. The number of hydrogen-bond donors (Lipinski definition) is 0. The lowest BCUT2D eigenvalue weighted by molar-refractivity contribution is -0.117. The second kappa shape index (κ2) is 9.67. The van der Waals surface area contributed by atoms with Gasteiger partial charge >= 0.3 is 0 Å². The van der Waals surface area contributed by atoms with Crippen LogP contribution in [0.2, 0.25) is 0 Å². The van der Waals surface area contributed by atoms with Crippen molar-refractivity contribution in [3.63, 3.8) is 0 Å². The van der Waals surface area contributed by atoms with Crippen LogP contribution in [0.15, 0.2) is 24.3 Å². The van der Waals surface area contributed by atoms with Gasteiger partial charge in [0.1, 0.15) is 0 Å². The first-order valence-corrected chi connectivity index (χ1v) is 10.0. The number of rotatable bonds is 8. The van der Waals surface area contributed by atoms with Crippen molar-refractivity contribution in [3.8, 4) is 0 Å². The van der Waals surface area contributed by atoms with Crippen molar-refractivity contribution in [1.29, 1.82) is 0 Å². The second-order valence-corrected chi connectivity index (χ2v) is 7.94. The molecule has 4 heteroatoms. The van der Waals surface area contributed by atoms with E-state index >= 15 is 0 Å². The van der Waals surface area contributed by atoms with Gasteiger partial charge in [-0.2, -0.15) is 5.06 Å². The largest absolute Gasteiger partial charge is 0.308 e. The fraction of sp³-hybridized carbons (Fsp3) is 0.714. The van der Waals surface area contributed by atoms with Crippen molar-refractivity contribution in [3.05, 3.63) is 35.4 Å². The molecule has 4 nitrogen and oxygen atoms in total. The number of benzene rings is 1. The molecule has 0 amide bonds. The predicted molar refractivity (Wildman–Crippen MR) is 103 cm³/mol. The van der Waals surface area contributed by atoms with Gasteiger partial charge in [-0.05, 0) is 44.5 Å². The molecular formula is C21H35N3O. The molecule has 140 valence electrons. The van der Waals surface area contributed by atoms with Crippen molar-refractivity contribution >= 4 is 0 Å². The Bertz CT molecular complexity index is 508. The van der Waals surface area contributed by atoms with E-state index < -0.39 is 0 Å². The summed E-state index contributed by atoms with van der Waals surface area (Å²) in [6.07, 6.45) is 8.11. The molecule has 1 aromatic carbocycles. The highest BCUT2D eigenvalue weighted by Crippen LogP contribution is 2.24. The maximum Gasteiger partial charge on any atom is 0.0698 e. The van der Waals surface area contributed by atoms with E-state index in [4.69, 9.17) is 4.84 Å². The molecule has 1 aromatic rings. The van der Waals surface area contributed by atoms with E-state index in [1.807, 2.05) is 0 Å². The van der Waals surface area contributed by atoms with Gasteiger partial charge in [0.25, 0.3) is 0 Å². The van der Waals surface area contributed by atoms with Gasteiger partial charge in [0.2, 0.25) is 0 Å². The third kappa shape index (κ3) is 6.07. The van der Waals surface area contributed by atoms with Gasteiger partial charge in [-0.1, -0.05) is 43.5 Å². The summed E-state index contributed by atoms with van der Waals surface area (Å²) in [5, 5.41) is 2.10. The monoisotopic (exact) mass is 345 g/mol. The quantitative estimate of drug-likeness (QED) is 0.717. The summed E-state index contributed by atoms with van der Waals surface area (Å²) in [7, 11) is 4.35. The summed E-state index contributed by atoms with van der Waals surface area (Å²) in [6.45, 7) is 6.22. The minimum absolute atomic E-state index is 0.763. The van der Waals surface area contributed by atoms with Crippen LogP contribution in [-0.4, -0.2) is 61.2 Å². The Hall–Kier alpha value is -0.940. The molecule has 0 atom stereocenters. The summed E-state index contributed by atoms with van der Waals surface area (Å²) in [4.78, 5) is 10.7. The van der Waals surface area contributed by atoms with E-state index in [1.54, 1.807) is 0 Å². The van der Waals surface area contributed by atoms with Crippen LogP contribution in [0.3, 0.4) is 0 Å². The number of nitrogens with zero attached hydrogens (tertiary/aromatic N) is 3. The molecule has 25 heavy (non-hydrogen) atoms. The molecule has 1 saturated heterocycles. The molecule has 0 aromatic heterocycles. The Kier molecular flexibility index (Phi) is 7.29. The zero-order chi connectivity index (χ0) is 17.5. The lowest BCUT2D eigenvalue weighted by Crippen LogP contribution is -2.40. The van der Waals surface area contributed by atoms with Gasteiger partial charge in [-0.15, -0.1) is 0 Å². The molecule has 0 radical (unpaired) electrons. The molecule has 0 bridgehead atoms. The first kappa shape index (κ1) is 18.8. The first-order valence-electron chi connectivity index (χ1n) is 10.0. The maximum absolute atomic E-state index is 5.66. The van der Waals surface area contributed by atoms with E-state index in [2.05, 4.69) is 53.2 Å². The summed E-state index contributed by atoms with van der Waals surface area (Å²) in [5.41, 5.74) is 2.82. The topological polar surface area (TPSA) is 19.0 Å². The summed E-state index contributed by atoms with van der Waals surface area (Å²) >= 11 is 0. The second-order valence-electron chi connectivity index (χ2n) is 7.94. The minimum atomic E-state index is 0.763. The third-order valence-electron chi connectivity index (χ3n) is 5.49. The SMILES string of the molecule is CN(C)CCN(Cc1cccc(CN2CCCO2)c1)C1CCCCC1. The average Bonchev–Trinajstić information content (AvgIpc) is 3.12. The van der Waals surface area contributed by atoms with Crippen LogP contribution in [0.25, 0.3) is 0 Å². The molecule has 1 saturated carbocycles. The number of hydrogen-bond acceptors (Lipinski definition) is 4. The number of likely N-dealkylation sites (N-methyl/N-ethyl adjacent to an activating group) is 1. The van der Waals surface area contributed by atoms with Crippen LogP contribution < -0.4 is 0 Å². The van der Waals surface area contributed by atoms with Gasteiger partial charge in [-0.3, -0.25) is 9.74 Å². The van der Waals surface area contributed by atoms with Crippen LogP contribution in [-0.2, 0) is 17.9 Å². The lowest BCUT2D eigenvalue weighted by atomic mass is 9.93. The third-order valence-corrected chi connectivity index (χ3v) is 5.49. The standard InChI is InChI=1S/C21H35N3O/c1-22(2)13-14-23(21-10-4-3-5-11-21)17-19-8-6-9-20(16-19)18-24-12-7-15-25-24/h6,8-9,16,21H,3-5,7,10-15,17-18H2,1-2H3. The Morgan fingerprint density at radius 3 is 2.56 bits per heavy atom. The van der Waals surface area contributed by atoms with Gasteiger partial charge < -0.3 is 4.90 Å². The van der Waals surface area contributed by atoms with Crippen molar-refractivity contribution < 1.29 is 4.84 Å². The van der Waals surface area contributed by atoms with Gasteiger partial charge in [0.15, 0.2) is 0 Å². The molecule has 3 rings (SSSR count). The van der Waals surface area contributed by atoms with Crippen molar-refractivity contribution in [2.45, 2.75) is 57.7 Å². The molecule has 1 aliphatic carbocycles. The molecule has 0 N–H and O–H groups in total. The van der Waals surface area contributed by atoms with Crippen molar-refractivity contribution in [2.24, 2.45) is 0 Å². The molecule has 2 aliphatic rings. The van der Waals surface area contributed by atoms with Crippen LogP contribution in [0.4, 0.5) is 0 Å². The summed E-state index contributed by atoms with van der Waals surface area (Å²) < 4.78 is 0. The molecular weight excluding hydrogens is 310 g/mol. The summed E-state index contributed by atoms with van der Waals surface area (Å²) in [5.74, 6) is 0. The highest BCUT2D eigenvalue weighted by molar-refractivity contribution is 5.23. The highest BCUT2D eigenvalue weighted by atomic mass is 16.7. The predicted octanol–water partition coefficient (Wildman–Crippen LogP) is 3.52. The van der Waals surface area contributed by atoms with Crippen LogP contribution in [0.5, 0.6) is 0 Å². The van der Waals surface area contributed by atoms with Crippen LogP contribution in [0, 0.1) is 0 Å². The molecule has 1 heterocycles. The zero-order valence-corrected chi connectivity index (χ0v) is 16.1. The maximum atomic E-state index is 5.66. The van der Waals surface area contributed by atoms with Gasteiger partial charge in [0.05, 0.1) is 6.61 Å². The average molecular weight is 346 g/mol. The minimum Gasteiger partial charge on any atom is -0.308 e. The molecule has 2 fully saturated rings. The Morgan fingerprint density at radius 2 is 1.84 bits per heavy atom. The summed E-state index contributed by atoms with van der Waals surface area (Å²) in [6, 6.07) is 9.88. The van der Waals surface area contributed by atoms with Crippen molar-refractivity contribution in [2.75, 3.05) is 40.3 Å². The van der Waals surface area contributed by atoms with Crippen LogP contribution in [0.1, 0.15) is 49.7 Å².